The maximum absolute atomic E-state index is 5.87. The van der Waals surface area contributed by atoms with Crippen LogP contribution >= 0.6 is 0 Å². The van der Waals surface area contributed by atoms with Gasteiger partial charge in [-0.1, -0.05) is 24.3 Å². The van der Waals surface area contributed by atoms with Crippen LogP contribution in [0.15, 0.2) is 159 Å². The van der Waals surface area contributed by atoms with Crippen molar-refractivity contribution in [1.82, 2.24) is 39.9 Å². The molecule has 8 heterocycles. The SMILES string of the molecule is c1cc2c(cn1)cc(-c1c(-c3cc4ccncc4c4ccncc34)nc(-c3nccc4c3ccc3ccncc34)c3c1ccc1cnccc13)c1ccncc12. The van der Waals surface area contributed by atoms with Crippen LogP contribution in [-0.2, 0) is 0 Å². The summed E-state index contributed by atoms with van der Waals surface area (Å²) in [7, 11) is 0. The van der Waals surface area contributed by atoms with Crippen LogP contribution in [0.4, 0.5) is 0 Å². The van der Waals surface area contributed by atoms with E-state index in [-0.39, 0.29) is 0 Å². The molecule has 12 rings (SSSR count). The predicted octanol–water partition coefficient (Wildman–Crippen LogP) is 11.1. The van der Waals surface area contributed by atoms with Gasteiger partial charge in [-0.15, -0.1) is 0 Å². The molecular weight excluding hydrogens is 689 g/mol. The van der Waals surface area contributed by atoms with Crippen LogP contribution in [0, 0.1) is 0 Å². The minimum Gasteiger partial charge on any atom is -0.264 e. The standard InChI is InChI=1S/C48H26N8/c1-3-36-33(40-23-51-12-5-27(1)40)11-18-55-47(36)48-44-32-8-15-49-21-29(32)2-4-37(44)45(38-20-30-22-50-14-7-31(30)42-25-53-16-9-34(38)42)46(56-48)39-19-28-6-13-52-24-41(28)35-10-17-54-26-43(35)39/h1-26H. The average molecular weight is 715 g/mol. The van der Waals surface area contributed by atoms with Crippen LogP contribution in [0.25, 0.3) is 120 Å². The van der Waals surface area contributed by atoms with Gasteiger partial charge in [0.15, 0.2) is 0 Å². The lowest BCUT2D eigenvalue weighted by Gasteiger charge is -2.21. The van der Waals surface area contributed by atoms with Crippen LogP contribution < -0.4 is 0 Å². The van der Waals surface area contributed by atoms with E-state index in [1.807, 2.05) is 86.6 Å². The second kappa shape index (κ2) is 11.8. The molecule has 0 atom stereocenters. The molecule has 0 radical (unpaired) electrons. The maximum atomic E-state index is 5.87. The Morgan fingerprint density at radius 3 is 1.70 bits per heavy atom. The van der Waals surface area contributed by atoms with Gasteiger partial charge in [-0.3, -0.25) is 34.9 Å². The summed E-state index contributed by atoms with van der Waals surface area (Å²) in [6.07, 6.45) is 24.6. The molecule has 0 spiro atoms. The Balaban J connectivity index is 1.33. The van der Waals surface area contributed by atoms with Gasteiger partial charge in [-0.05, 0) is 103 Å². The molecule has 8 heteroatoms. The summed E-state index contributed by atoms with van der Waals surface area (Å²) in [5, 5.41) is 16.7. The number of pyridine rings is 8. The molecule has 56 heavy (non-hydrogen) atoms. The van der Waals surface area contributed by atoms with Crippen LogP contribution in [-0.4, -0.2) is 39.9 Å². The van der Waals surface area contributed by atoms with Crippen LogP contribution in [0.2, 0.25) is 0 Å². The highest BCUT2D eigenvalue weighted by molar-refractivity contribution is 6.26. The van der Waals surface area contributed by atoms with E-state index in [0.29, 0.717) is 0 Å². The topological polar surface area (TPSA) is 103 Å². The minimum absolute atomic E-state index is 0.782. The molecule has 8 aromatic heterocycles. The molecule has 0 aliphatic carbocycles. The number of rotatable bonds is 3. The molecule has 0 saturated carbocycles. The fourth-order valence-electron chi connectivity index (χ4n) is 8.72. The Morgan fingerprint density at radius 1 is 0.286 bits per heavy atom. The molecule has 12 aromatic rings. The first-order valence-corrected chi connectivity index (χ1v) is 18.3. The van der Waals surface area contributed by atoms with Gasteiger partial charge in [0.1, 0.15) is 0 Å². The van der Waals surface area contributed by atoms with Crippen molar-refractivity contribution in [3.8, 4) is 33.8 Å². The molecule has 0 saturated heterocycles. The predicted molar refractivity (Wildman–Crippen MR) is 225 cm³/mol. The van der Waals surface area contributed by atoms with Crippen LogP contribution in [0.3, 0.4) is 0 Å². The highest BCUT2D eigenvalue weighted by atomic mass is 14.8. The van der Waals surface area contributed by atoms with Crippen LogP contribution in [0.5, 0.6) is 0 Å². The monoisotopic (exact) mass is 714 g/mol. The van der Waals surface area contributed by atoms with E-state index < -0.39 is 0 Å². The summed E-state index contributed by atoms with van der Waals surface area (Å²) < 4.78 is 0. The summed E-state index contributed by atoms with van der Waals surface area (Å²) in [6.45, 7) is 0. The van der Waals surface area contributed by atoms with E-state index in [2.05, 4.69) is 103 Å². The van der Waals surface area contributed by atoms with Gasteiger partial charge in [0.05, 0.1) is 17.1 Å². The summed E-state index contributed by atoms with van der Waals surface area (Å²) in [5.41, 5.74) is 5.38. The average Bonchev–Trinajstić information content (AvgIpc) is 3.27. The number of benzene rings is 4. The highest BCUT2D eigenvalue weighted by Gasteiger charge is 2.25. The fourth-order valence-corrected chi connectivity index (χ4v) is 8.72. The minimum atomic E-state index is 0.782. The first kappa shape index (κ1) is 30.6. The second-order valence-corrected chi connectivity index (χ2v) is 14.1. The van der Waals surface area contributed by atoms with E-state index in [1.54, 1.807) is 0 Å². The molecule has 0 N–H and O–H groups in total. The van der Waals surface area contributed by atoms with Crippen molar-refractivity contribution in [1.29, 1.82) is 0 Å². The van der Waals surface area contributed by atoms with Gasteiger partial charge in [-0.25, -0.2) is 4.98 Å². The van der Waals surface area contributed by atoms with E-state index in [4.69, 9.17) is 9.97 Å². The molecule has 8 nitrogen and oxygen atoms in total. The van der Waals surface area contributed by atoms with Crippen molar-refractivity contribution < 1.29 is 0 Å². The molecule has 0 amide bonds. The zero-order valence-corrected chi connectivity index (χ0v) is 29.6. The Bertz CT molecular complexity index is 3620. The largest absolute Gasteiger partial charge is 0.264 e. The van der Waals surface area contributed by atoms with Gasteiger partial charge in [0, 0.05) is 135 Å². The van der Waals surface area contributed by atoms with Gasteiger partial charge in [0.2, 0.25) is 0 Å². The Labute approximate surface area is 318 Å². The highest BCUT2D eigenvalue weighted by Crippen LogP contribution is 2.48. The number of nitrogens with zero attached hydrogens (tertiary/aromatic N) is 8. The van der Waals surface area contributed by atoms with Crippen LogP contribution in [0.1, 0.15) is 0 Å². The van der Waals surface area contributed by atoms with Gasteiger partial charge < -0.3 is 0 Å². The molecular formula is C48H26N8. The number of aromatic nitrogens is 8. The lowest BCUT2D eigenvalue weighted by molar-refractivity contribution is 1.29. The van der Waals surface area contributed by atoms with E-state index in [1.165, 1.54) is 0 Å². The zero-order valence-electron chi connectivity index (χ0n) is 29.6. The van der Waals surface area contributed by atoms with Crippen molar-refractivity contribution in [2.75, 3.05) is 0 Å². The first-order valence-electron chi connectivity index (χ1n) is 18.3. The van der Waals surface area contributed by atoms with Crippen molar-refractivity contribution in [2.24, 2.45) is 0 Å². The van der Waals surface area contributed by atoms with Crippen molar-refractivity contribution >= 4 is 86.2 Å². The zero-order chi connectivity index (χ0) is 36.7. The quantitative estimate of drug-likeness (QED) is 0.167. The number of hydrogen-bond acceptors (Lipinski definition) is 8. The van der Waals surface area contributed by atoms with E-state index in [0.717, 1.165) is 120 Å². The molecule has 258 valence electrons. The van der Waals surface area contributed by atoms with Crippen molar-refractivity contribution in [3.05, 3.63) is 159 Å². The number of fused-ring (bicyclic) bond motifs is 12. The third-order valence-corrected chi connectivity index (χ3v) is 11.2. The Morgan fingerprint density at radius 2 is 0.857 bits per heavy atom. The molecule has 4 aromatic carbocycles. The molecule has 0 bridgehead atoms. The second-order valence-electron chi connectivity index (χ2n) is 14.1. The molecule has 0 aliphatic rings. The lowest BCUT2D eigenvalue weighted by Crippen LogP contribution is -2.00. The molecule has 0 unspecified atom stereocenters. The Kier molecular flexibility index (Phi) is 6.47. The normalized spacial score (nSPS) is 11.9. The van der Waals surface area contributed by atoms with E-state index >= 15 is 0 Å². The summed E-state index contributed by atoms with van der Waals surface area (Å²) in [6, 6.07) is 27.7. The van der Waals surface area contributed by atoms with Gasteiger partial charge in [0.25, 0.3) is 0 Å². The third-order valence-electron chi connectivity index (χ3n) is 11.2. The van der Waals surface area contributed by atoms with E-state index in [9.17, 15) is 0 Å². The summed E-state index contributed by atoms with van der Waals surface area (Å²) in [5.74, 6) is 0. The Hall–Kier alpha value is -7.84. The summed E-state index contributed by atoms with van der Waals surface area (Å²) >= 11 is 0. The molecule has 0 fully saturated rings. The maximum Gasteiger partial charge on any atom is 0.0985 e. The first-order chi connectivity index (χ1) is 27.8. The number of hydrogen-bond donors (Lipinski definition) is 0. The third kappa shape index (κ3) is 4.41. The fraction of sp³-hybridized carbons (Fsp3) is 0. The van der Waals surface area contributed by atoms with Crippen molar-refractivity contribution in [2.45, 2.75) is 0 Å². The lowest BCUT2D eigenvalue weighted by atomic mass is 9.85. The summed E-state index contributed by atoms with van der Waals surface area (Å²) in [4.78, 5) is 38.3. The van der Waals surface area contributed by atoms with Gasteiger partial charge >= 0.3 is 0 Å². The van der Waals surface area contributed by atoms with Crippen molar-refractivity contribution in [3.63, 3.8) is 0 Å². The van der Waals surface area contributed by atoms with Gasteiger partial charge in [-0.2, -0.15) is 0 Å². The molecule has 0 aliphatic heterocycles. The smallest absolute Gasteiger partial charge is 0.0985 e.